The molecule has 2 rings (SSSR count). The topological polar surface area (TPSA) is 64.0 Å². The van der Waals surface area contributed by atoms with Crippen molar-refractivity contribution in [3.8, 4) is 0 Å². The molecule has 5 nitrogen and oxygen atoms in total. The predicted molar refractivity (Wildman–Crippen MR) is 85.6 cm³/mol. The maximum atomic E-state index is 12.1. The van der Waals surface area contributed by atoms with E-state index in [9.17, 15) is 9.59 Å². The summed E-state index contributed by atoms with van der Waals surface area (Å²) in [6, 6.07) is 10.7. The monoisotopic (exact) mass is 299 g/mol. The zero-order valence-corrected chi connectivity index (χ0v) is 13.2. The van der Waals surface area contributed by atoms with Crippen LogP contribution in [0.15, 0.2) is 41.2 Å². The van der Waals surface area contributed by atoms with Crippen molar-refractivity contribution in [2.45, 2.75) is 39.8 Å². The molecular weight excluding hydrogens is 278 g/mol. The third-order valence-corrected chi connectivity index (χ3v) is 3.56. The Morgan fingerprint density at radius 2 is 1.95 bits per heavy atom. The van der Waals surface area contributed by atoms with Crippen molar-refractivity contribution >= 4 is 5.91 Å². The number of carbonyl (C=O) groups excluding carboxylic acids is 1. The van der Waals surface area contributed by atoms with E-state index in [-0.39, 0.29) is 23.9 Å². The number of aryl methyl sites for hydroxylation is 2. The fraction of sp³-hybridized carbons (Fsp3) is 0.353. The van der Waals surface area contributed by atoms with E-state index in [1.54, 1.807) is 10.6 Å². The van der Waals surface area contributed by atoms with Crippen LogP contribution in [0.2, 0.25) is 0 Å². The van der Waals surface area contributed by atoms with E-state index in [4.69, 9.17) is 0 Å². The summed E-state index contributed by atoms with van der Waals surface area (Å²) < 4.78 is 1.61. The smallest absolute Gasteiger partial charge is 0.250 e. The quantitative estimate of drug-likeness (QED) is 0.920. The minimum Gasteiger partial charge on any atom is -0.348 e. The van der Waals surface area contributed by atoms with Crippen molar-refractivity contribution in [2.24, 2.45) is 0 Å². The van der Waals surface area contributed by atoms with Gasteiger partial charge in [0.15, 0.2) is 0 Å². The Hall–Kier alpha value is -2.43. The van der Waals surface area contributed by atoms with Crippen LogP contribution in [0.1, 0.15) is 36.5 Å². The lowest BCUT2D eigenvalue weighted by molar-refractivity contribution is -0.122. The van der Waals surface area contributed by atoms with E-state index in [0.29, 0.717) is 6.54 Å². The van der Waals surface area contributed by atoms with Crippen LogP contribution in [0.3, 0.4) is 0 Å². The molecule has 0 unspecified atom stereocenters. The molecule has 0 aromatic carbocycles. The van der Waals surface area contributed by atoms with Gasteiger partial charge in [-0.2, -0.15) is 0 Å². The lowest BCUT2D eigenvalue weighted by Crippen LogP contribution is -2.30. The molecule has 0 spiro atoms. The van der Waals surface area contributed by atoms with Gasteiger partial charge in [-0.3, -0.25) is 14.6 Å². The van der Waals surface area contributed by atoms with Crippen LogP contribution in [0.4, 0.5) is 0 Å². The summed E-state index contributed by atoms with van der Waals surface area (Å²) in [4.78, 5) is 28.2. The Kier molecular flexibility index (Phi) is 5.09. The van der Waals surface area contributed by atoms with Crippen LogP contribution < -0.4 is 10.9 Å². The summed E-state index contributed by atoms with van der Waals surface area (Å²) in [6.45, 7) is 6.06. The van der Waals surface area contributed by atoms with E-state index in [1.807, 2.05) is 45.0 Å². The van der Waals surface area contributed by atoms with Crippen LogP contribution in [-0.4, -0.2) is 15.5 Å². The first-order chi connectivity index (χ1) is 10.5. The summed E-state index contributed by atoms with van der Waals surface area (Å²) >= 11 is 0. The van der Waals surface area contributed by atoms with E-state index in [1.165, 1.54) is 6.07 Å². The van der Waals surface area contributed by atoms with Gasteiger partial charge in [-0.25, -0.2) is 0 Å². The predicted octanol–water partition coefficient (Wildman–Crippen LogP) is 2.13. The Morgan fingerprint density at radius 3 is 2.64 bits per heavy atom. The van der Waals surface area contributed by atoms with Gasteiger partial charge in [-0.05, 0) is 39.0 Å². The van der Waals surface area contributed by atoms with E-state index < -0.39 is 0 Å². The largest absolute Gasteiger partial charge is 0.348 e. The Bertz CT molecular complexity index is 722. The standard InChI is InChI=1S/C17H21N3O2/c1-12-6-4-8-15(18-12)14(3)19-16(21)10-11-20-13(2)7-5-9-17(20)22/h4-9,14H,10-11H2,1-3H3,(H,19,21)/t14-/m0/s1. The number of carbonyl (C=O) groups is 1. The molecule has 22 heavy (non-hydrogen) atoms. The van der Waals surface area contributed by atoms with Crippen LogP contribution in [0.5, 0.6) is 0 Å². The molecule has 1 amide bonds. The van der Waals surface area contributed by atoms with Gasteiger partial charge in [0.25, 0.3) is 5.56 Å². The minimum atomic E-state index is -0.152. The van der Waals surface area contributed by atoms with Crippen molar-refractivity contribution in [3.63, 3.8) is 0 Å². The molecule has 0 aliphatic heterocycles. The van der Waals surface area contributed by atoms with Gasteiger partial charge in [-0.15, -0.1) is 0 Å². The summed E-state index contributed by atoms with van der Waals surface area (Å²) in [5.41, 5.74) is 2.53. The number of nitrogens with one attached hydrogen (secondary N) is 1. The SMILES string of the molecule is Cc1cccc([C@H](C)NC(=O)CCn2c(C)cccc2=O)n1. The first-order valence-corrected chi connectivity index (χ1v) is 7.37. The second kappa shape index (κ2) is 7.02. The van der Waals surface area contributed by atoms with Crippen molar-refractivity contribution in [1.82, 2.24) is 14.9 Å². The average Bonchev–Trinajstić information content (AvgIpc) is 2.46. The van der Waals surface area contributed by atoms with E-state index >= 15 is 0 Å². The highest BCUT2D eigenvalue weighted by Crippen LogP contribution is 2.10. The molecule has 0 fully saturated rings. The van der Waals surface area contributed by atoms with Crippen molar-refractivity contribution < 1.29 is 4.79 Å². The first-order valence-electron chi connectivity index (χ1n) is 7.37. The summed E-state index contributed by atoms with van der Waals surface area (Å²) in [6.07, 6.45) is 0.265. The maximum absolute atomic E-state index is 12.1. The highest BCUT2D eigenvalue weighted by atomic mass is 16.2. The molecule has 0 saturated carbocycles. The Balaban J connectivity index is 1.95. The van der Waals surface area contributed by atoms with Crippen molar-refractivity contribution in [1.29, 1.82) is 0 Å². The molecule has 2 aromatic rings. The Labute approximate surface area is 130 Å². The molecule has 0 saturated heterocycles. The minimum absolute atomic E-state index is 0.0822. The Morgan fingerprint density at radius 1 is 1.23 bits per heavy atom. The number of hydrogen-bond donors (Lipinski definition) is 1. The fourth-order valence-electron chi connectivity index (χ4n) is 2.32. The summed E-state index contributed by atoms with van der Waals surface area (Å²) in [7, 11) is 0. The summed E-state index contributed by atoms with van der Waals surface area (Å²) in [5.74, 6) is -0.0917. The maximum Gasteiger partial charge on any atom is 0.250 e. The van der Waals surface area contributed by atoms with Crippen LogP contribution in [0, 0.1) is 13.8 Å². The molecule has 0 bridgehead atoms. The van der Waals surface area contributed by atoms with Gasteiger partial charge in [0, 0.05) is 30.4 Å². The molecule has 5 heteroatoms. The molecule has 2 aromatic heterocycles. The first kappa shape index (κ1) is 15.9. The van der Waals surface area contributed by atoms with Gasteiger partial charge in [0.05, 0.1) is 11.7 Å². The molecule has 1 N–H and O–H groups in total. The summed E-state index contributed by atoms with van der Waals surface area (Å²) in [5, 5.41) is 2.92. The zero-order chi connectivity index (χ0) is 16.1. The molecule has 2 heterocycles. The van der Waals surface area contributed by atoms with Gasteiger partial charge < -0.3 is 9.88 Å². The molecular formula is C17H21N3O2. The van der Waals surface area contributed by atoms with Gasteiger partial charge >= 0.3 is 0 Å². The fourth-order valence-corrected chi connectivity index (χ4v) is 2.32. The number of hydrogen-bond acceptors (Lipinski definition) is 3. The number of rotatable bonds is 5. The number of amides is 1. The zero-order valence-electron chi connectivity index (χ0n) is 13.2. The lowest BCUT2D eigenvalue weighted by Gasteiger charge is -2.15. The highest BCUT2D eigenvalue weighted by Gasteiger charge is 2.11. The molecule has 1 atom stereocenters. The average molecular weight is 299 g/mol. The third-order valence-electron chi connectivity index (χ3n) is 3.56. The lowest BCUT2D eigenvalue weighted by atomic mass is 10.2. The highest BCUT2D eigenvalue weighted by molar-refractivity contribution is 5.76. The normalized spacial score (nSPS) is 12.0. The molecule has 116 valence electrons. The second-order valence-corrected chi connectivity index (χ2v) is 5.40. The van der Waals surface area contributed by atoms with Gasteiger partial charge in [-0.1, -0.05) is 12.1 Å². The van der Waals surface area contributed by atoms with Gasteiger partial charge in [0.1, 0.15) is 0 Å². The number of nitrogens with zero attached hydrogens (tertiary/aromatic N) is 2. The van der Waals surface area contributed by atoms with Crippen molar-refractivity contribution in [2.75, 3.05) is 0 Å². The van der Waals surface area contributed by atoms with Crippen LogP contribution in [0.25, 0.3) is 0 Å². The van der Waals surface area contributed by atoms with Crippen molar-refractivity contribution in [3.05, 3.63) is 63.8 Å². The molecule has 0 radical (unpaired) electrons. The number of pyridine rings is 2. The second-order valence-electron chi connectivity index (χ2n) is 5.40. The molecule has 0 aliphatic rings. The van der Waals surface area contributed by atoms with Crippen LogP contribution in [-0.2, 0) is 11.3 Å². The van der Waals surface area contributed by atoms with Gasteiger partial charge in [0.2, 0.25) is 5.91 Å². The molecule has 0 aliphatic carbocycles. The number of aromatic nitrogens is 2. The van der Waals surface area contributed by atoms with E-state index in [2.05, 4.69) is 10.3 Å². The van der Waals surface area contributed by atoms with Crippen LogP contribution >= 0.6 is 0 Å². The van der Waals surface area contributed by atoms with E-state index in [0.717, 1.165) is 17.1 Å². The third kappa shape index (κ3) is 4.04.